The van der Waals surface area contributed by atoms with E-state index in [2.05, 4.69) is 17.9 Å². The van der Waals surface area contributed by atoms with Gasteiger partial charge in [-0.15, -0.1) is 0 Å². The van der Waals surface area contributed by atoms with Crippen LogP contribution >= 0.6 is 0 Å². The average molecular weight is 432 g/mol. The number of hydrogen-bond donors (Lipinski definition) is 0. The SMILES string of the molecule is C[C@H]1CCCN(CCCOC2=CCC([C@@H]3Oc4ccccc4S(=O)(=O)[C@H]3C)C=C2)C1. The number of allylic oxidation sites excluding steroid dienone is 2. The number of nitrogens with zero attached hydrogens (tertiary/aromatic N) is 1. The van der Waals surface area contributed by atoms with E-state index in [0.717, 1.165) is 31.1 Å². The molecule has 1 fully saturated rings. The molecule has 4 atom stereocenters. The number of piperidine rings is 1. The number of likely N-dealkylation sites (tertiary alicyclic amines) is 1. The highest BCUT2D eigenvalue weighted by molar-refractivity contribution is 7.92. The Labute approximate surface area is 180 Å². The van der Waals surface area contributed by atoms with Crippen molar-refractivity contribution < 1.29 is 17.9 Å². The van der Waals surface area contributed by atoms with Gasteiger partial charge in [0.25, 0.3) is 0 Å². The zero-order valence-electron chi connectivity index (χ0n) is 18.0. The van der Waals surface area contributed by atoms with E-state index in [-0.39, 0.29) is 12.0 Å². The van der Waals surface area contributed by atoms with Crippen LogP contribution in [0.25, 0.3) is 0 Å². The summed E-state index contributed by atoms with van der Waals surface area (Å²) in [6, 6.07) is 6.93. The van der Waals surface area contributed by atoms with Crippen molar-refractivity contribution >= 4 is 9.84 Å². The van der Waals surface area contributed by atoms with Crippen molar-refractivity contribution in [3.05, 3.63) is 48.3 Å². The highest BCUT2D eigenvalue weighted by Crippen LogP contribution is 2.38. The number of hydrogen-bond acceptors (Lipinski definition) is 5. The lowest BCUT2D eigenvalue weighted by Crippen LogP contribution is -2.44. The number of para-hydroxylation sites is 1. The zero-order chi connectivity index (χ0) is 21.1. The maximum atomic E-state index is 12.9. The van der Waals surface area contributed by atoms with Crippen LogP contribution in [0.2, 0.25) is 0 Å². The minimum absolute atomic E-state index is 0.0188. The van der Waals surface area contributed by atoms with Crippen molar-refractivity contribution in [2.24, 2.45) is 11.8 Å². The Bertz CT molecular complexity index is 908. The van der Waals surface area contributed by atoms with Gasteiger partial charge in [0, 0.05) is 19.0 Å². The van der Waals surface area contributed by atoms with Crippen LogP contribution in [0.15, 0.2) is 53.1 Å². The van der Waals surface area contributed by atoms with Gasteiger partial charge in [-0.05, 0) is 69.4 Å². The normalized spacial score (nSPS) is 30.8. The van der Waals surface area contributed by atoms with Gasteiger partial charge < -0.3 is 14.4 Å². The largest absolute Gasteiger partial charge is 0.494 e. The molecule has 0 N–H and O–H groups in total. The number of benzene rings is 1. The van der Waals surface area contributed by atoms with E-state index in [9.17, 15) is 8.42 Å². The zero-order valence-corrected chi connectivity index (χ0v) is 18.8. The highest BCUT2D eigenvalue weighted by atomic mass is 32.2. The Morgan fingerprint density at radius 3 is 2.83 bits per heavy atom. The summed E-state index contributed by atoms with van der Waals surface area (Å²) in [6.07, 6.45) is 10.1. The molecule has 0 amide bonds. The molecule has 1 saturated heterocycles. The molecule has 1 aliphatic carbocycles. The maximum absolute atomic E-state index is 12.9. The molecule has 0 aromatic heterocycles. The van der Waals surface area contributed by atoms with Gasteiger partial charge in [-0.25, -0.2) is 8.42 Å². The predicted molar refractivity (Wildman–Crippen MR) is 118 cm³/mol. The van der Waals surface area contributed by atoms with Crippen LogP contribution in [-0.2, 0) is 14.6 Å². The molecule has 30 heavy (non-hydrogen) atoms. The van der Waals surface area contributed by atoms with Crippen LogP contribution in [0.4, 0.5) is 0 Å². The predicted octanol–water partition coefficient (Wildman–Crippen LogP) is 4.21. The minimum Gasteiger partial charge on any atom is -0.494 e. The molecule has 0 bridgehead atoms. The Balaban J connectivity index is 1.28. The van der Waals surface area contributed by atoms with Crippen molar-refractivity contribution in [3.63, 3.8) is 0 Å². The molecule has 0 radical (unpaired) electrons. The lowest BCUT2D eigenvalue weighted by molar-refractivity contribution is 0.137. The van der Waals surface area contributed by atoms with Gasteiger partial charge in [-0.1, -0.05) is 25.1 Å². The fourth-order valence-corrected chi connectivity index (χ4v) is 6.45. The summed E-state index contributed by atoms with van der Waals surface area (Å²) in [5.74, 6) is 2.17. The minimum atomic E-state index is -3.38. The summed E-state index contributed by atoms with van der Waals surface area (Å²) < 4.78 is 37.9. The number of rotatable bonds is 6. The van der Waals surface area contributed by atoms with Gasteiger partial charge in [0.15, 0.2) is 9.84 Å². The molecule has 3 aliphatic rings. The molecule has 1 unspecified atom stereocenters. The van der Waals surface area contributed by atoms with Crippen molar-refractivity contribution in [3.8, 4) is 5.75 Å². The van der Waals surface area contributed by atoms with E-state index in [0.29, 0.717) is 17.3 Å². The molecular formula is C24H33NO4S. The smallest absolute Gasteiger partial charge is 0.188 e. The summed E-state index contributed by atoms with van der Waals surface area (Å²) in [4.78, 5) is 2.84. The number of ether oxygens (including phenoxy) is 2. The molecule has 1 aromatic carbocycles. The molecule has 4 rings (SSSR count). The van der Waals surface area contributed by atoms with E-state index < -0.39 is 15.1 Å². The van der Waals surface area contributed by atoms with Crippen molar-refractivity contribution in [1.29, 1.82) is 0 Å². The third kappa shape index (κ3) is 4.59. The molecule has 0 saturated carbocycles. The lowest BCUT2D eigenvalue weighted by atomic mass is 9.92. The Hall–Kier alpha value is -1.79. The van der Waals surface area contributed by atoms with Crippen molar-refractivity contribution in [2.75, 3.05) is 26.2 Å². The quantitative estimate of drug-likeness (QED) is 0.632. The summed E-state index contributed by atoms with van der Waals surface area (Å²) in [5.41, 5.74) is 0. The van der Waals surface area contributed by atoms with Crippen LogP contribution in [0.3, 0.4) is 0 Å². The van der Waals surface area contributed by atoms with Gasteiger partial charge in [0.1, 0.15) is 27.8 Å². The van der Waals surface area contributed by atoms with Gasteiger partial charge in [-0.3, -0.25) is 0 Å². The van der Waals surface area contributed by atoms with E-state index in [1.165, 1.54) is 25.9 Å². The number of fused-ring (bicyclic) bond motifs is 1. The molecule has 5 nitrogen and oxygen atoms in total. The van der Waals surface area contributed by atoms with Gasteiger partial charge in [0.05, 0.1) is 6.61 Å². The molecule has 164 valence electrons. The first kappa shape index (κ1) is 21.4. The fourth-order valence-electron chi connectivity index (χ4n) is 4.77. The van der Waals surface area contributed by atoms with Crippen LogP contribution in [0.1, 0.15) is 39.5 Å². The van der Waals surface area contributed by atoms with Crippen LogP contribution in [0.5, 0.6) is 5.75 Å². The maximum Gasteiger partial charge on any atom is 0.188 e. The monoisotopic (exact) mass is 431 g/mol. The lowest BCUT2D eigenvalue weighted by Gasteiger charge is -2.35. The Morgan fingerprint density at radius 1 is 1.23 bits per heavy atom. The van der Waals surface area contributed by atoms with E-state index in [1.807, 2.05) is 18.2 Å². The molecular weight excluding hydrogens is 398 g/mol. The number of sulfone groups is 1. The Morgan fingerprint density at radius 2 is 2.07 bits per heavy atom. The van der Waals surface area contributed by atoms with Gasteiger partial charge >= 0.3 is 0 Å². The highest BCUT2D eigenvalue weighted by Gasteiger charge is 2.42. The van der Waals surface area contributed by atoms with Crippen LogP contribution in [-0.4, -0.2) is 50.9 Å². The molecule has 1 aromatic rings. The molecule has 6 heteroatoms. The molecule has 0 spiro atoms. The molecule has 2 aliphatic heterocycles. The summed E-state index contributed by atoms with van der Waals surface area (Å²) in [5, 5.41) is -0.579. The van der Waals surface area contributed by atoms with Crippen LogP contribution < -0.4 is 4.74 Å². The first-order chi connectivity index (χ1) is 14.4. The standard InChI is InChI=1S/C24H33NO4S/c1-18-7-5-14-25(17-18)15-6-16-28-21-12-10-20(11-13-21)24-19(2)30(26,27)23-9-4-3-8-22(23)29-24/h3-4,8-10,12-13,18-20,24H,5-7,11,14-17H2,1-2H3/t18-,19-,20?,24+/m0/s1. The summed E-state index contributed by atoms with van der Waals surface area (Å²) in [6.45, 7) is 8.30. The topological polar surface area (TPSA) is 55.8 Å². The average Bonchev–Trinajstić information content (AvgIpc) is 2.75. The first-order valence-corrected chi connectivity index (χ1v) is 12.7. The third-order valence-corrected chi connectivity index (χ3v) is 8.72. The second-order valence-corrected chi connectivity index (χ2v) is 11.2. The van der Waals surface area contributed by atoms with Gasteiger partial charge in [0.2, 0.25) is 0 Å². The second-order valence-electron chi connectivity index (χ2n) is 8.89. The van der Waals surface area contributed by atoms with E-state index in [4.69, 9.17) is 9.47 Å². The second kappa shape index (κ2) is 9.15. The van der Waals surface area contributed by atoms with Crippen LogP contribution in [0, 0.1) is 11.8 Å². The van der Waals surface area contributed by atoms with Crippen molar-refractivity contribution in [1.82, 2.24) is 4.90 Å². The van der Waals surface area contributed by atoms with E-state index >= 15 is 0 Å². The summed E-state index contributed by atoms with van der Waals surface area (Å²) >= 11 is 0. The van der Waals surface area contributed by atoms with Crippen molar-refractivity contribution in [2.45, 2.75) is 55.8 Å². The summed E-state index contributed by atoms with van der Waals surface area (Å²) in [7, 11) is -3.38. The van der Waals surface area contributed by atoms with Gasteiger partial charge in [-0.2, -0.15) is 0 Å². The third-order valence-electron chi connectivity index (χ3n) is 6.52. The molecule has 2 heterocycles. The Kier molecular flexibility index (Phi) is 6.54. The van der Waals surface area contributed by atoms with E-state index in [1.54, 1.807) is 25.1 Å². The first-order valence-electron chi connectivity index (χ1n) is 11.2. The fraction of sp³-hybridized carbons (Fsp3) is 0.583.